The van der Waals surface area contributed by atoms with Crippen LogP contribution < -0.4 is 10.2 Å². The number of unbranched alkanes of at least 4 members (excludes halogenated alkanes) is 20. The van der Waals surface area contributed by atoms with Crippen molar-refractivity contribution in [3.63, 3.8) is 0 Å². The molecular weight excluding hydrogens is 946 g/mol. The van der Waals surface area contributed by atoms with E-state index in [4.69, 9.17) is 18.9 Å². The van der Waals surface area contributed by atoms with E-state index in [0.29, 0.717) is 26.4 Å². The average molecular weight is 1030 g/mol. The fourth-order valence-electron chi connectivity index (χ4n) is 7.69. The molecule has 364 valence electrons. The second-order valence-corrected chi connectivity index (χ2v) is 17.4. The number of carbonyl (C=O) groups is 4. The van der Waals surface area contributed by atoms with E-state index in [2.05, 4.69) is 24.3 Å². The first kappa shape index (κ1) is 62.8. The first-order valence-corrected chi connectivity index (χ1v) is 25.1. The van der Waals surface area contributed by atoms with E-state index < -0.39 is 11.9 Å². The van der Waals surface area contributed by atoms with Crippen LogP contribution in [0.4, 0.5) is 0 Å². The minimum Gasteiger partial charge on any atom is -0.550 e. The van der Waals surface area contributed by atoms with Crippen LogP contribution in [0.25, 0.3) is 0 Å². The minimum atomic E-state index is -0.931. The Labute approximate surface area is 434 Å². The van der Waals surface area contributed by atoms with E-state index in [1.54, 1.807) is 0 Å². The molecule has 2 aromatic rings. The van der Waals surface area contributed by atoms with Crippen LogP contribution in [0.15, 0.2) is 60.7 Å². The molecule has 0 radical (unpaired) electrons. The summed E-state index contributed by atoms with van der Waals surface area (Å²) in [4.78, 5) is 42.5. The zero-order valence-electron chi connectivity index (χ0n) is 40.8. The van der Waals surface area contributed by atoms with Crippen molar-refractivity contribution >= 4 is 72.8 Å². The van der Waals surface area contributed by atoms with Crippen molar-refractivity contribution in [1.29, 1.82) is 0 Å². The third-order valence-electron chi connectivity index (χ3n) is 11.4. The molecular formula is C54H86BaO10. The molecule has 2 aromatic carbocycles. The third kappa shape index (κ3) is 45.4. The van der Waals surface area contributed by atoms with Crippen LogP contribution in [0.2, 0.25) is 0 Å². The Morgan fingerprint density at radius 3 is 0.938 bits per heavy atom. The number of ether oxygens (including phenoxy) is 4. The molecule has 0 aromatic heterocycles. The molecule has 0 aliphatic rings. The normalized spacial score (nSPS) is 11.7. The summed E-state index contributed by atoms with van der Waals surface area (Å²) < 4.78 is 22.5. The molecule has 10 nitrogen and oxygen atoms in total. The topological polar surface area (TPSA) is 151 Å². The van der Waals surface area contributed by atoms with Crippen LogP contribution in [0.3, 0.4) is 0 Å². The molecule has 2 unspecified atom stereocenters. The van der Waals surface area contributed by atoms with Gasteiger partial charge in [-0.3, -0.25) is 9.59 Å². The standard InChI is InChI=1S/2C27H44O5.Ba/c2*1-24(28)31-22-16-15-20-26(32-23-25-17-11-10-12-18-25)19-13-8-6-4-2-3-5-7-9-14-21-27(29)30;/h2*10-12,17-18,26H,2-9,13-16,19-23H2,1H3,(H,29,30);/q;;+2/p-2. The van der Waals surface area contributed by atoms with E-state index >= 15 is 0 Å². The zero-order valence-corrected chi connectivity index (χ0v) is 45.2. The Morgan fingerprint density at radius 1 is 0.400 bits per heavy atom. The summed E-state index contributed by atoms with van der Waals surface area (Å²) in [5.41, 5.74) is 2.41. The summed E-state index contributed by atoms with van der Waals surface area (Å²) in [6.45, 7) is 5.20. The maximum atomic E-state index is 10.9. The fraction of sp³-hybridized carbons (Fsp3) is 0.704. The van der Waals surface area contributed by atoms with Gasteiger partial charge in [0.25, 0.3) is 0 Å². The molecule has 11 heteroatoms. The number of carboxylic acid groups (broad SMARTS) is 2. The SMILES string of the molecule is CC(=O)OCCCCC(CCCCCCCCCCCCC(=O)[O-])OCc1ccccc1.CC(=O)OCCCCC(CCCCCCCCCCCCC(=O)[O-])OCc1ccccc1.[Ba+2]. The molecule has 0 bridgehead atoms. The van der Waals surface area contributed by atoms with E-state index in [1.807, 2.05) is 36.4 Å². The Balaban J connectivity index is 0.00000124. The Hall–Kier alpha value is -2.19. The zero-order chi connectivity index (χ0) is 46.6. The summed E-state index contributed by atoms with van der Waals surface area (Å²) in [5, 5.41) is 20.7. The Morgan fingerprint density at radius 2 is 0.662 bits per heavy atom. The maximum Gasteiger partial charge on any atom is 2.00 e. The summed E-state index contributed by atoms with van der Waals surface area (Å²) >= 11 is 0. The molecule has 0 fully saturated rings. The van der Waals surface area contributed by atoms with Gasteiger partial charge in [0.05, 0.1) is 38.6 Å². The van der Waals surface area contributed by atoms with Crippen molar-refractivity contribution in [1.82, 2.24) is 0 Å². The van der Waals surface area contributed by atoms with Gasteiger partial charge in [-0.05, 0) is 88.2 Å². The van der Waals surface area contributed by atoms with Gasteiger partial charge in [0.2, 0.25) is 0 Å². The number of aliphatic carboxylic acids is 2. The Bertz CT molecular complexity index is 1290. The number of benzene rings is 2. The number of hydrogen-bond donors (Lipinski definition) is 0. The van der Waals surface area contributed by atoms with E-state index in [-0.39, 0.29) is 85.9 Å². The van der Waals surface area contributed by atoms with Crippen molar-refractivity contribution in [3.05, 3.63) is 71.8 Å². The molecule has 0 spiro atoms. The number of rotatable bonds is 42. The van der Waals surface area contributed by atoms with Crippen LogP contribution in [0.1, 0.15) is 218 Å². The van der Waals surface area contributed by atoms with Crippen LogP contribution in [0.5, 0.6) is 0 Å². The van der Waals surface area contributed by atoms with E-state index in [1.165, 1.54) is 115 Å². The van der Waals surface area contributed by atoms with Crippen molar-refractivity contribution in [2.45, 2.75) is 232 Å². The third-order valence-corrected chi connectivity index (χ3v) is 11.4. The van der Waals surface area contributed by atoms with Crippen molar-refractivity contribution < 1.29 is 48.3 Å². The number of carboxylic acids is 2. The summed E-state index contributed by atoms with van der Waals surface area (Å²) in [5.74, 6) is -2.28. The fourth-order valence-corrected chi connectivity index (χ4v) is 7.69. The van der Waals surface area contributed by atoms with Gasteiger partial charge in [0.15, 0.2) is 0 Å². The largest absolute Gasteiger partial charge is 2.00 e. The molecule has 2 atom stereocenters. The first-order valence-electron chi connectivity index (χ1n) is 25.1. The molecule has 0 aliphatic carbocycles. The predicted octanol–water partition coefficient (Wildman–Crippen LogP) is 11.1. The van der Waals surface area contributed by atoms with Crippen molar-refractivity contribution in [2.24, 2.45) is 0 Å². The molecule has 65 heavy (non-hydrogen) atoms. The van der Waals surface area contributed by atoms with Gasteiger partial charge >= 0.3 is 60.8 Å². The van der Waals surface area contributed by atoms with Crippen LogP contribution in [0, 0.1) is 0 Å². The summed E-state index contributed by atoms with van der Waals surface area (Å²) in [6, 6.07) is 20.6. The van der Waals surface area contributed by atoms with Gasteiger partial charge in [0, 0.05) is 25.8 Å². The van der Waals surface area contributed by atoms with Crippen LogP contribution in [-0.2, 0) is 51.3 Å². The number of hydrogen-bond acceptors (Lipinski definition) is 10. The number of esters is 2. The molecule has 0 saturated heterocycles. The average Bonchev–Trinajstić information content (AvgIpc) is 3.27. The van der Waals surface area contributed by atoms with Gasteiger partial charge in [-0.15, -0.1) is 0 Å². The quantitative estimate of drug-likeness (QED) is 0.0357. The van der Waals surface area contributed by atoms with Gasteiger partial charge in [-0.2, -0.15) is 0 Å². The molecule has 0 heterocycles. The molecule has 0 N–H and O–H groups in total. The smallest absolute Gasteiger partial charge is 0.550 e. The minimum absolute atomic E-state index is 0. The summed E-state index contributed by atoms with van der Waals surface area (Å²) in [7, 11) is 0. The second kappa shape index (κ2) is 46.9. The predicted molar refractivity (Wildman–Crippen MR) is 258 cm³/mol. The summed E-state index contributed by atoms with van der Waals surface area (Å²) in [6.07, 6.45) is 32.0. The molecule has 2 rings (SSSR count). The van der Waals surface area contributed by atoms with Crippen molar-refractivity contribution in [2.75, 3.05) is 13.2 Å². The molecule has 0 aliphatic heterocycles. The van der Waals surface area contributed by atoms with Gasteiger partial charge in [-0.1, -0.05) is 176 Å². The monoisotopic (exact) mass is 1030 g/mol. The van der Waals surface area contributed by atoms with Crippen molar-refractivity contribution in [3.8, 4) is 0 Å². The second-order valence-electron chi connectivity index (χ2n) is 17.4. The number of carbonyl (C=O) groups excluding carboxylic acids is 4. The van der Waals surface area contributed by atoms with Gasteiger partial charge in [-0.25, -0.2) is 0 Å². The van der Waals surface area contributed by atoms with E-state index in [0.717, 1.165) is 89.9 Å². The van der Waals surface area contributed by atoms with Gasteiger partial charge in [0.1, 0.15) is 0 Å². The maximum absolute atomic E-state index is 10.9. The van der Waals surface area contributed by atoms with Gasteiger partial charge < -0.3 is 38.7 Å². The molecule has 0 amide bonds. The Kier molecular flexibility index (Phi) is 45.3. The molecule has 0 saturated carbocycles. The van der Waals surface area contributed by atoms with E-state index in [9.17, 15) is 29.4 Å². The van der Waals surface area contributed by atoms with Crippen LogP contribution in [-0.4, -0.2) is 98.2 Å². The van der Waals surface area contributed by atoms with Crippen LogP contribution >= 0.6 is 0 Å². The first-order chi connectivity index (χ1) is 31.2.